The van der Waals surface area contributed by atoms with E-state index in [1.165, 1.54) is 18.2 Å². The minimum absolute atomic E-state index is 0.0951. The van der Waals surface area contributed by atoms with Crippen molar-refractivity contribution in [3.05, 3.63) is 52.9 Å². The number of H-pyrrole nitrogens is 1. The highest BCUT2D eigenvalue weighted by atomic mass is 19.1. The van der Waals surface area contributed by atoms with Crippen LogP contribution < -0.4 is 5.32 Å². The Balaban J connectivity index is 1.79. The maximum Gasteiger partial charge on any atom is 0.271 e. The molecule has 1 amide bonds. The van der Waals surface area contributed by atoms with E-state index in [2.05, 4.69) is 15.5 Å². The molecular weight excluding hydrogens is 324 g/mol. The molecule has 2 aromatic rings. The van der Waals surface area contributed by atoms with Gasteiger partial charge in [0.1, 0.15) is 17.3 Å². The van der Waals surface area contributed by atoms with E-state index >= 15 is 0 Å². The molecule has 3 rings (SSSR count). The van der Waals surface area contributed by atoms with Crippen LogP contribution in [0.2, 0.25) is 0 Å². The molecule has 0 spiro atoms. The highest BCUT2D eigenvalue weighted by Crippen LogP contribution is 2.42. The summed E-state index contributed by atoms with van der Waals surface area (Å²) in [5.41, 5.74) is 0.576. The van der Waals surface area contributed by atoms with Crippen LogP contribution >= 0.6 is 0 Å². The molecule has 0 atom stereocenters. The van der Waals surface area contributed by atoms with E-state index in [1.807, 2.05) is 13.8 Å². The second-order valence-corrected chi connectivity index (χ2v) is 7.13. The molecule has 1 aromatic heterocycles. The first-order chi connectivity index (χ1) is 11.9. The number of rotatable bonds is 5. The molecule has 25 heavy (non-hydrogen) atoms. The molecule has 1 aliphatic rings. The molecule has 0 radical (unpaired) electrons. The number of nitrogens with one attached hydrogen (secondary N) is 2. The van der Waals surface area contributed by atoms with Crippen LogP contribution in [0.1, 0.15) is 67.2 Å². The van der Waals surface area contributed by atoms with E-state index in [0.29, 0.717) is 18.5 Å². The molecule has 1 heterocycles. The number of carbonyl (C=O) groups excluding carboxylic acids is 1. The van der Waals surface area contributed by atoms with E-state index in [9.17, 15) is 13.6 Å². The lowest BCUT2D eigenvalue weighted by Crippen LogP contribution is -2.40. The summed E-state index contributed by atoms with van der Waals surface area (Å²) in [7, 11) is 0. The second-order valence-electron chi connectivity index (χ2n) is 7.13. The topological polar surface area (TPSA) is 57.8 Å². The van der Waals surface area contributed by atoms with Crippen molar-refractivity contribution in [1.29, 1.82) is 0 Å². The zero-order valence-corrected chi connectivity index (χ0v) is 14.5. The summed E-state index contributed by atoms with van der Waals surface area (Å²) in [5, 5.41) is 9.70. The maximum absolute atomic E-state index is 14.3. The predicted octanol–water partition coefficient (Wildman–Crippen LogP) is 4.05. The summed E-state index contributed by atoms with van der Waals surface area (Å²) in [4.78, 5) is 12.4. The van der Waals surface area contributed by atoms with Crippen LogP contribution in [-0.2, 0) is 5.41 Å². The first kappa shape index (κ1) is 17.6. The number of aromatic amines is 1. The largest absolute Gasteiger partial charge is 0.350 e. The van der Waals surface area contributed by atoms with Crippen molar-refractivity contribution in [2.45, 2.75) is 50.9 Å². The summed E-state index contributed by atoms with van der Waals surface area (Å²) in [6.07, 6.45) is 3.10. The van der Waals surface area contributed by atoms with Crippen LogP contribution in [0.3, 0.4) is 0 Å². The fourth-order valence-corrected chi connectivity index (χ4v) is 3.66. The third-order valence-corrected chi connectivity index (χ3v) is 5.09. The van der Waals surface area contributed by atoms with E-state index in [0.717, 1.165) is 18.5 Å². The molecule has 1 fully saturated rings. The number of hydrogen-bond acceptors (Lipinski definition) is 2. The van der Waals surface area contributed by atoms with Gasteiger partial charge < -0.3 is 5.32 Å². The molecule has 0 saturated heterocycles. The minimum atomic E-state index is -0.692. The Morgan fingerprint density at radius 3 is 2.48 bits per heavy atom. The first-order valence-electron chi connectivity index (χ1n) is 8.71. The van der Waals surface area contributed by atoms with Crippen molar-refractivity contribution in [3.8, 4) is 0 Å². The lowest BCUT2D eigenvalue weighted by Gasteiger charge is -2.30. The van der Waals surface area contributed by atoms with Gasteiger partial charge in [-0.25, -0.2) is 8.78 Å². The van der Waals surface area contributed by atoms with Gasteiger partial charge in [-0.15, -0.1) is 0 Å². The first-order valence-corrected chi connectivity index (χ1v) is 8.71. The molecule has 1 aromatic carbocycles. The van der Waals surface area contributed by atoms with E-state index in [1.54, 1.807) is 6.07 Å². The molecule has 1 saturated carbocycles. The van der Waals surface area contributed by atoms with Gasteiger partial charge in [0.15, 0.2) is 0 Å². The summed E-state index contributed by atoms with van der Waals surface area (Å²) in [6, 6.07) is 5.64. The number of benzene rings is 1. The molecule has 4 nitrogen and oxygen atoms in total. The summed E-state index contributed by atoms with van der Waals surface area (Å²) in [5.74, 6) is -1.18. The normalized spacial score (nSPS) is 16.4. The monoisotopic (exact) mass is 347 g/mol. The SMILES string of the molecule is CC(C)c1cc(C(=O)NCC2(c3c(F)cccc3F)CCCC2)n[nH]1. The van der Waals surface area contributed by atoms with Gasteiger partial charge in [-0.05, 0) is 37.0 Å². The van der Waals surface area contributed by atoms with Crippen LogP contribution in [0.5, 0.6) is 0 Å². The second kappa shape index (κ2) is 6.94. The highest BCUT2D eigenvalue weighted by molar-refractivity contribution is 5.92. The zero-order valence-electron chi connectivity index (χ0n) is 14.5. The Kier molecular flexibility index (Phi) is 4.88. The van der Waals surface area contributed by atoms with E-state index in [-0.39, 0.29) is 23.9 Å². The van der Waals surface area contributed by atoms with Crippen molar-refractivity contribution in [2.24, 2.45) is 0 Å². The van der Waals surface area contributed by atoms with Crippen LogP contribution in [0.4, 0.5) is 8.78 Å². The molecule has 6 heteroatoms. The number of nitrogens with zero attached hydrogens (tertiary/aromatic N) is 1. The fourth-order valence-electron chi connectivity index (χ4n) is 3.66. The van der Waals surface area contributed by atoms with E-state index in [4.69, 9.17) is 0 Å². The van der Waals surface area contributed by atoms with E-state index < -0.39 is 17.0 Å². The molecule has 0 bridgehead atoms. The molecule has 2 N–H and O–H groups in total. The Bertz CT molecular complexity index is 744. The smallest absolute Gasteiger partial charge is 0.271 e. The fraction of sp³-hybridized carbons (Fsp3) is 0.474. The number of amides is 1. The highest BCUT2D eigenvalue weighted by Gasteiger charge is 2.40. The Hall–Kier alpha value is -2.24. The lowest BCUT2D eigenvalue weighted by molar-refractivity contribution is 0.0937. The van der Waals surface area contributed by atoms with Gasteiger partial charge in [0, 0.05) is 23.2 Å². The Labute approximate surface area is 146 Å². The van der Waals surface area contributed by atoms with Crippen LogP contribution in [0.15, 0.2) is 24.3 Å². The number of carbonyl (C=O) groups is 1. The predicted molar refractivity (Wildman–Crippen MR) is 91.5 cm³/mol. The van der Waals surface area contributed by atoms with Crippen LogP contribution in [0, 0.1) is 11.6 Å². The zero-order chi connectivity index (χ0) is 18.0. The van der Waals surface area contributed by atoms with Crippen LogP contribution in [-0.4, -0.2) is 22.6 Å². The van der Waals surface area contributed by atoms with Crippen LogP contribution in [0.25, 0.3) is 0 Å². The number of hydrogen-bond donors (Lipinski definition) is 2. The lowest BCUT2D eigenvalue weighted by atomic mass is 9.78. The van der Waals surface area contributed by atoms with Crippen molar-refractivity contribution < 1.29 is 13.6 Å². The standard InChI is InChI=1S/C19H23F2N3O/c1-12(2)15-10-16(24-23-15)18(25)22-11-19(8-3-4-9-19)17-13(20)6-5-7-14(17)21/h5-7,10,12H,3-4,8-9,11H2,1-2H3,(H,22,25)(H,23,24). The van der Waals surface area contributed by atoms with Gasteiger partial charge in [0.25, 0.3) is 5.91 Å². The molecule has 0 aliphatic heterocycles. The van der Waals surface area contributed by atoms with Gasteiger partial charge in [-0.3, -0.25) is 9.89 Å². The molecular formula is C19H23F2N3O. The number of aromatic nitrogens is 2. The van der Waals surface area contributed by atoms with Crippen molar-refractivity contribution >= 4 is 5.91 Å². The quantitative estimate of drug-likeness (QED) is 0.857. The van der Waals surface area contributed by atoms with Crippen molar-refractivity contribution in [2.75, 3.05) is 6.54 Å². The third kappa shape index (κ3) is 3.43. The summed E-state index contributed by atoms with van der Waals surface area (Å²) >= 11 is 0. The van der Waals surface area contributed by atoms with Gasteiger partial charge >= 0.3 is 0 Å². The number of halogens is 2. The minimum Gasteiger partial charge on any atom is -0.350 e. The average Bonchev–Trinajstić information content (AvgIpc) is 3.23. The Morgan fingerprint density at radius 1 is 1.28 bits per heavy atom. The Morgan fingerprint density at radius 2 is 1.92 bits per heavy atom. The maximum atomic E-state index is 14.3. The van der Waals surface area contributed by atoms with Crippen molar-refractivity contribution in [3.63, 3.8) is 0 Å². The van der Waals surface area contributed by atoms with Crippen molar-refractivity contribution in [1.82, 2.24) is 15.5 Å². The molecule has 134 valence electrons. The average molecular weight is 347 g/mol. The third-order valence-electron chi connectivity index (χ3n) is 5.09. The molecule has 1 aliphatic carbocycles. The molecule has 0 unspecified atom stereocenters. The van der Waals surface area contributed by atoms with Gasteiger partial charge in [0.2, 0.25) is 0 Å². The van der Waals surface area contributed by atoms with Gasteiger partial charge in [-0.2, -0.15) is 5.10 Å². The summed E-state index contributed by atoms with van der Waals surface area (Å²) < 4.78 is 28.6. The van der Waals surface area contributed by atoms with Gasteiger partial charge in [-0.1, -0.05) is 32.8 Å². The summed E-state index contributed by atoms with van der Waals surface area (Å²) in [6.45, 7) is 4.21. The van der Waals surface area contributed by atoms with Gasteiger partial charge in [0.05, 0.1) is 0 Å².